The number of benzene rings is 2. The van der Waals surface area contributed by atoms with Crippen molar-refractivity contribution in [2.24, 2.45) is 10.7 Å². The summed E-state index contributed by atoms with van der Waals surface area (Å²) in [6.07, 6.45) is 1.87. The Balaban J connectivity index is 0.00000289. The van der Waals surface area contributed by atoms with Gasteiger partial charge in [-0.3, -0.25) is 0 Å². The van der Waals surface area contributed by atoms with Crippen molar-refractivity contribution in [3.05, 3.63) is 78.5 Å². The second kappa shape index (κ2) is 11.7. The van der Waals surface area contributed by atoms with Crippen molar-refractivity contribution in [2.45, 2.75) is 6.54 Å². The van der Waals surface area contributed by atoms with Gasteiger partial charge in [0.2, 0.25) is 0 Å². The Labute approximate surface area is 206 Å². The van der Waals surface area contributed by atoms with E-state index in [0.29, 0.717) is 12.5 Å². The molecule has 3 aromatic rings. The lowest BCUT2D eigenvalue weighted by Crippen LogP contribution is -2.44. The zero-order chi connectivity index (χ0) is 21.5. The summed E-state index contributed by atoms with van der Waals surface area (Å²) in [5.41, 5.74) is 7.92. The van der Waals surface area contributed by atoms with Crippen molar-refractivity contribution in [3.63, 3.8) is 0 Å². The maximum absolute atomic E-state index is 6.08. The minimum absolute atomic E-state index is 0. The third-order valence-corrected chi connectivity index (χ3v) is 5.15. The highest BCUT2D eigenvalue weighted by molar-refractivity contribution is 14.0. The standard InChI is InChI=1S/C24H28N6O.HI/c1-29-12-14-30(15-13-29)23-11-10-19(17-26-23)18-27-24(25)28-20-6-5-9-22(16-20)31-21-7-3-2-4-8-21;/h2-11,16-17H,12-15,18H2,1H3,(H3,25,27,28);1H. The van der Waals surface area contributed by atoms with Crippen molar-refractivity contribution in [1.82, 2.24) is 9.88 Å². The molecule has 2 heterocycles. The molecule has 3 N–H and O–H groups in total. The molecule has 4 rings (SSSR count). The largest absolute Gasteiger partial charge is 0.457 e. The second-order valence-corrected chi connectivity index (χ2v) is 7.58. The highest BCUT2D eigenvalue weighted by Gasteiger charge is 2.14. The lowest BCUT2D eigenvalue weighted by Gasteiger charge is -2.33. The van der Waals surface area contributed by atoms with E-state index < -0.39 is 0 Å². The van der Waals surface area contributed by atoms with Crippen molar-refractivity contribution < 1.29 is 4.74 Å². The average molecular weight is 544 g/mol. The number of ether oxygens (including phenoxy) is 1. The van der Waals surface area contributed by atoms with E-state index >= 15 is 0 Å². The van der Waals surface area contributed by atoms with Crippen LogP contribution in [0, 0.1) is 0 Å². The number of aromatic nitrogens is 1. The lowest BCUT2D eigenvalue weighted by atomic mass is 10.2. The fraction of sp³-hybridized carbons (Fsp3) is 0.250. The normalized spacial score (nSPS) is 14.5. The molecule has 1 aliphatic rings. The van der Waals surface area contributed by atoms with E-state index in [-0.39, 0.29) is 24.0 Å². The molecule has 0 radical (unpaired) electrons. The van der Waals surface area contributed by atoms with Gasteiger partial charge in [-0.25, -0.2) is 9.98 Å². The van der Waals surface area contributed by atoms with Crippen molar-refractivity contribution in [3.8, 4) is 11.5 Å². The molecule has 0 amide bonds. The number of anilines is 2. The Morgan fingerprint density at radius 3 is 2.47 bits per heavy atom. The Hall–Kier alpha value is -2.85. The fourth-order valence-corrected chi connectivity index (χ4v) is 3.36. The first kappa shape index (κ1) is 23.8. The molecular weight excluding hydrogens is 515 g/mol. The van der Waals surface area contributed by atoms with Crippen molar-refractivity contribution >= 4 is 41.4 Å². The molecule has 1 aliphatic heterocycles. The van der Waals surface area contributed by atoms with Gasteiger partial charge in [-0.15, -0.1) is 24.0 Å². The Morgan fingerprint density at radius 1 is 1.00 bits per heavy atom. The molecule has 0 spiro atoms. The molecule has 0 aliphatic carbocycles. The first-order valence-electron chi connectivity index (χ1n) is 10.4. The number of aliphatic imine (C=N–C) groups is 1. The van der Waals surface area contributed by atoms with Crippen LogP contribution in [0.25, 0.3) is 0 Å². The van der Waals surface area contributed by atoms with Crippen LogP contribution in [0.2, 0.25) is 0 Å². The molecule has 1 fully saturated rings. The molecule has 1 saturated heterocycles. The smallest absolute Gasteiger partial charge is 0.193 e. The Bertz CT molecular complexity index is 1000. The number of rotatable bonds is 6. The van der Waals surface area contributed by atoms with Crippen LogP contribution < -0.4 is 20.7 Å². The predicted octanol–water partition coefficient (Wildman–Crippen LogP) is 4.17. The van der Waals surface area contributed by atoms with Crippen LogP contribution in [0.5, 0.6) is 11.5 Å². The van der Waals surface area contributed by atoms with E-state index in [1.165, 1.54) is 0 Å². The van der Waals surface area contributed by atoms with Gasteiger partial charge in [0.15, 0.2) is 5.96 Å². The zero-order valence-electron chi connectivity index (χ0n) is 18.1. The van der Waals surface area contributed by atoms with Gasteiger partial charge in [-0.2, -0.15) is 0 Å². The molecule has 8 heteroatoms. The summed E-state index contributed by atoms with van der Waals surface area (Å²) in [6.45, 7) is 4.60. The molecule has 2 aromatic carbocycles. The maximum Gasteiger partial charge on any atom is 0.193 e. The van der Waals surface area contributed by atoms with Crippen LogP contribution in [0.1, 0.15) is 5.56 Å². The number of likely N-dealkylation sites (N-methyl/N-ethyl adjacent to an activating group) is 1. The van der Waals surface area contributed by atoms with E-state index in [9.17, 15) is 0 Å². The first-order chi connectivity index (χ1) is 15.2. The summed E-state index contributed by atoms with van der Waals surface area (Å²) in [4.78, 5) is 13.7. The van der Waals surface area contributed by atoms with Crippen LogP contribution in [0.4, 0.5) is 11.5 Å². The van der Waals surface area contributed by atoms with Gasteiger partial charge in [0.05, 0.1) is 6.54 Å². The molecule has 168 valence electrons. The average Bonchev–Trinajstić information content (AvgIpc) is 2.80. The zero-order valence-corrected chi connectivity index (χ0v) is 20.5. The summed E-state index contributed by atoms with van der Waals surface area (Å²) >= 11 is 0. The number of nitrogens with two attached hydrogens (primary N) is 1. The van der Waals surface area contributed by atoms with Gasteiger partial charge in [0, 0.05) is 44.1 Å². The number of para-hydroxylation sites is 1. The summed E-state index contributed by atoms with van der Waals surface area (Å²) in [6, 6.07) is 21.4. The second-order valence-electron chi connectivity index (χ2n) is 7.58. The molecule has 0 bridgehead atoms. The number of nitrogens with one attached hydrogen (secondary N) is 1. The summed E-state index contributed by atoms with van der Waals surface area (Å²) < 4.78 is 5.86. The van der Waals surface area contributed by atoms with Gasteiger partial charge in [-0.1, -0.05) is 30.3 Å². The highest BCUT2D eigenvalue weighted by atomic mass is 127. The van der Waals surface area contributed by atoms with E-state index in [4.69, 9.17) is 10.5 Å². The molecule has 1 aromatic heterocycles. The Morgan fingerprint density at radius 2 is 1.75 bits per heavy atom. The van der Waals surface area contributed by atoms with Gasteiger partial charge >= 0.3 is 0 Å². The predicted molar refractivity (Wildman–Crippen MR) is 141 cm³/mol. The van der Waals surface area contributed by atoms with Crippen LogP contribution in [-0.4, -0.2) is 49.1 Å². The number of pyridine rings is 1. The minimum atomic E-state index is 0. The van der Waals surface area contributed by atoms with E-state index in [1.807, 2.05) is 60.8 Å². The molecule has 0 saturated carbocycles. The van der Waals surface area contributed by atoms with E-state index in [0.717, 1.165) is 54.7 Å². The van der Waals surface area contributed by atoms with Crippen molar-refractivity contribution in [1.29, 1.82) is 0 Å². The van der Waals surface area contributed by atoms with Crippen LogP contribution in [0.3, 0.4) is 0 Å². The number of halogens is 1. The number of nitrogens with zero attached hydrogens (tertiary/aromatic N) is 4. The summed E-state index contributed by atoms with van der Waals surface area (Å²) in [5, 5.41) is 3.12. The van der Waals surface area contributed by atoms with Crippen LogP contribution in [0.15, 0.2) is 77.9 Å². The number of hydrogen-bond donors (Lipinski definition) is 2. The molecule has 7 nitrogen and oxygen atoms in total. The topological polar surface area (TPSA) is 79.0 Å². The Kier molecular flexibility index (Phi) is 8.69. The monoisotopic (exact) mass is 544 g/mol. The number of guanidine groups is 1. The molecule has 32 heavy (non-hydrogen) atoms. The summed E-state index contributed by atoms with van der Waals surface area (Å²) in [7, 11) is 2.15. The lowest BCUT2D eigenvalue weighted by molar-refractivity contribution is 0.312. The quantitative estimate of drug-likeness (QED) is 0.276. The molecule has 0 atom stereocenters. The SMILES string of the molecule is CN1CCN(c2ccc(CN=C(N)Nc3cccc(Oc4ccccc4)c3)cn2)CC1.I. The highest BCUT2D eigenvalue weighted by Crippen LogP contribution is 2.23. The maximum atomic E-state index is 6.08. The van der Waals surface area contributed by atoms with E-state index in [1.54, 1.807) is 0 Å². The van der Waals surface area contributed by atoms with Crippen LogP contribution in [-0.2, 0) is 6.54 Å². The third-order valence-electron chi connectivity index (χ3n) is 5.15. The van der Waals surface area contributed by atoms with Gasteiger partial charge in [-0.05, 0) is 42.9 Å². The van der Waals surface area contributed by atoms with Crippen molar-refractivity contribution in [2.75, 3.05) is 43.4 Å². The van der Waals surface area contributed by atoms with Crippen LogP contribution >= 0.6 is 24.0 Å². The van der Waals surface area contributed by atoms with Gasteiger partial charge in [0.25, 0.3) is 0 Å². The summed E-state index contributed by atoms with van der Waals surface area (Å²) in [5.74, 6) is 2.88. The fourth-order valence-electron chi connectivity index (χ4n) is 3.36. The van der Waals surface area contributed by atoms with E-state index in [2.05, 4.69) is 44.3 Å². The van der Waals surface area contributed by atoms with Gasteiger partial charge in [0.1, 0.15) is 17.3 Å². The van der Waals surface area contributed by atoms with Gasteiger partial charge < -0.3 is 25.6 Å². The number of hydrogen-bond acceptors (Lipinski definition) is 5. The molecule has 0 unspecified atom stereocenters. The first-order valence-corrected chi connectivity index (χ1v) is 10.4. The number of piperazine rings is 1. The minimum Gasteiger partial charge on any atom is -0.457 e. The molecular formula is C24H29IN6O. The third kappa shape index (κ3) is 6.83.